The maximum Gasteiger partial charge on any atom is 0.221 e. The van der Waals surface area contributed by atoms with Gasteiger partial charge in [-0.15, -0.1) is 0 Å². The van der Waals surface area contributed by atoms with Crippen molar-refractivity contribution in [1.82, 2.24) is 10.6 Å². The van der Waals surface area contributed by atoms with Crippen molar-refractivity contribution in [2.45, 2.75) is 45.6 Å². The van der Waals surface area contributed by atoms with E-state index in [0.717, 1.165) is 19.4 Å². The predicted molar refractivity (Wildman–Crippen MR) is 55.7 cm³/mol. The van der Waals surface area contributed by atoms with E-state index in [0.29, 0.717) is 6.42 Å². The van der Waals surface area contributed by atoms with Crippen molar-refractivity contribution in [1.29, 1.82) is 0 Å². The largest absolute Gasteiger partial charge is 0.359 e. The Balaban J connectivity index is 3.67. The summed E-state index contributed by atoms with van der Waals surface area (Å²) in [6.45, 7) is 7.28. The Labute approximate surface area is 81.3 Å². The lowest BCUT2D eigenvalue weighted by molar-refractivity contribution is -0.120. The van der Waals surface area contributed by atoms with Crippen molar-refractivity contribution in [3.63, 3.8) is 0 Å². The average Bonchev–Trinajstić information content (AvgIpc) is 2.17. The maximum absolute atomic E-state index is 10.9. The highest BCUT2D eigenvalue weighted by atomic mass is 16.1. The van der Waals surface area contributed by atoms with E-state index in [2.05, 4.69) is 31.4 Å². The van der Waals surface area contributed by atoms with E-state index in [9.17, 15) is 4.79 Å². The second-order valence-electron chi connectivity index (χ2n) is 3.62. The molecule has 1 amide bonds. The van der Waals surface area contributed by atoms with Crippen LogP contribution in [0.3, 0.4) is 0 Å². The van der Waals surface area contributed by atoms with Gasteiger partial charge in [-0.1, -0.05) is 13.8 Å². The minimum atomic E-state index is 0.0991. The fraction of sp³-hybridized carbons (Fsp3) is 0.900. The third-order valence-electron chi connectivity index (χ3n) is 2.74. The van der Waals surface area contributed by atoms with E-state index in [4.69, 9.17) is 0 Å². The summed E-state index contributed by atoms with van der Waals surface area (Å²) in [5.41, 5.74) is 0.189. The highest BCUT2D eigenvalue weighted by Crippen LogP contribution is 2.12. The second-order valence-corrected chi connectivity index (χ2v) is 3.62. The quantitative estimate of drug-likeness (QED) is 0.656. The number of hydrogen-bond acceptors (Lipinski definition) is 2. The lowest BCUT2D eigenvalue weighted by Crippen LogP contribution is -2.42. The summed E-state index contributed by atoms with van der Waals surface area (Å²) in [7, 11) is 1.67. The molecule has 0 aliphatic heterocycles. The number of nitrogens with one attached hydrogen (secondary N) is 2. The summed E-state index contributed by atoms with van der Waals surface area (Å²) in [5.74, 6) is 0.0991. The van der Waals surface area contributed by atoms with E-state index in [1.54, 1.807) is 7.05 Å². The van der Waals surface area contributed by atoms with Gasteiger partial charge in [-0.25, -0.2) is 0 Å². The molecule has 0 heterocycles. The number of rotatable bonds is 6. The molecule has 0 aromatic rings. The Morgan fingerprint density at radius 1 is 1.31 bits per heavy atom. The van der Waals surface area contributed by atoms with Gasteiger partial charge in [-0.2, -0.15) is 0 Å². The van der Waals surface area contributed by atoms with Crippen molar-refractivity contribution in [2.24, 2.45) is 0 Å². The molecular formula is C10H22N2O. The molecule has 3 nitrogen and oxygen atoms in total. The first-order valence-electron chi connectivity index (χ1n) is 5.03. The zero-order valence-electron chi connectivity index (χ0n) is 9.24. The Hall–Kier alpha value is -0.570. The van der Waals surface area contributed by atoms with Crippen LogP contribution in [0.1, 0.15) is 40.0 Å². The van der Waals surface area contributed by atoms with Crippen molar-refractivity contribution in [3.8, 4) is 0 Å². The summed E-state index contributed by atoms with van der Waals surface area (Å²) >= 11 is 0. The first kappa shape index (κ1) is 12.4. The second kappa shape index (κ2) is 5.97. The SMILES string of the molecule is CCC(C)(CC)NCCC(=O)NC. The summed E-state index contributed by atoms with van der Waals surface area (Å²) < 4.78 is 0. The van der Waals surface area contributed by atoms with E-state index < -0.39 is 0 Å². The molecule has 0 bridgehead atoms. The fourth-order valence-corrected chi connectivity index (χ4v) is 1.10. The molecule has 0 unspecified atom stereocenters. The van der Waals surface area contributed by atoms with Gasteiger partial charge in [0.05, 0.1) is 0 Å². The van der Waals surface area contributed by atoms with Gasteiger partial charge in [-0.3, -0.25) is 4.79 Å². The monoisotopic (exact) mass is 186 g/mol. The van der Waals surface area contributed by atoms with Crippen LogP contribution < -0.4 is 10.6 Å². The van der Waals surface area contributed by atoms with Crippen LogP contribution >= 0.6 is 0 Å². The number of amides is 1. The van der Waals surface area contributed by atoms with Gasteiger partial charge in [0, 0.05) is 25.6 Å². The molecule has 2 N–H and O–H groups in total. The molecule has 0 rings (SSSR count). The summed E-state index contributed by atoms with van der Waals surface area (Å²) in [6, 6.07) is 0. The first-order chi connectivity index (χ1) is 6.08. The lowest BCUT2D eigenvalue weighted by Gasteiger charge is -2.28. The highest BCUT2D eigenvalue weighted by Gasteiger charge is 2.17. The molecule has 0 aromatic heterocycles. The van der Waals surface area contributed by atoms with Gasteiger partial charge in [0.1, 0.15) is 0 Å². The van der Waals surface area contributed by atoms with Crippen molar-refractivity contribution < 1.29 is 4.79 Å². The van der Waals surface area contributed by atoms with E-state index in [1.165, 1.54) is 0 Å². The molecule has 0 radical (unpaired) electrons. The Kier molecular flexibility index (Phi) is 5.71. The number of hydrogen-bond donors (Lipinski definition) is 2. The molecule has 0 atom stereocenters. The molecule has 0 saturated carbocycles. The van der Waals surface area contributed by atoms with Gasteiger partial charge in [0.2, 0.25) is 5.91 Å². The smallest absolute Gasteiger partial charge is 0.221 e. The third-order valence-corrected chi connectivity index (χ3v) is 2.74. The normalized spacial score (nSPS) is 11.4. The minimum Gasteiger partial charge on any atom is -0.359 e. The fourth-order valence-electron chi connectivity index (χ4n) is 1.10. The van der Waals surface area contributed by atoms with Gasteiger partial charge in [0.15, 0.2) is 0 Å². The molecular weight excluding hydrogens is 164 g/mol. The van der Waals surface area contributed by atoms with E-state index in [1.807, 2.05) is 0 Å². The molecule has 0 aliphatic carbocycles. The van der Waals surface area contributed by atoms with E-state index in [-0.39, 0.29) is 11.4 Å². The van der Waals surface area contributed by atoms with Crippen LogP contribution in [0.4, 0.5) is 0 Å². The van der Waals surface area contributed by atoms with Crippen LogP contribution in [-0.4, -0.2) is 25.0 Å². The molecule has 0 aliphatic rings. The Morgan fingerprint density at radius 3 is 2.23 bits per heavy atom. The lowest BCUT2D eigenvalue weighted by atomic mass is 9.95. The molecule has 0 spiro atoms. The standard InChI is InChI=1S/C10H22N2O/c1-5-10(3,6-2)12-8-7-9(13)11-4/h12H,5-8H2,1-4H3,(H,11,13). The van der Waals surface area contributed by atoms with Crippen molar-refractivity contribution in [2.75, 3.05) is 13.6 Å². The van der Waals surface area contributed by atoms with Gasteiger partial charge in [-0.05, 0) is 19.8 Å². The van der Waals surface area contributed by atoms with Crippen LogP contribution in [0.2, 0.25) is 0 Å². The molecule has 0 fully saturated rings. The van der Waals surface area contributed by atoms with Crippen molar-refractivity contribution in [3.05, 3.63) is 0 Å². The average molecular weight is 186 g/mol. The van der Waals surface area contributed by atoms with Crippen LogP contribution in [0.5, 0.6) is 0 Å². The van der Waals surface area contributed by atoms with Crippen LogP contribution in [-0.2, 0) is 4.79 Å². The van der Waals surface area contributed by atoms with Crippen LogP contribution in [0.25, 0.3) is 0 Å². The first-order valence-corrected chi connectivity index (χ1v) is 5.03. The molecule has 0 aromatic carbocycles. The van der Waals surface area contributed by atoms with Gasteiger partial charge in [0.25, 0.3) is 0 Å². The predicted octanol–water partition coefficient (Wildman–Crippen LogP) is 1.29. The molecule has 3 heteroatoms. The zero-order chi connectivity index (χ0) is 10.3. The zero-order valence-corrected chi connectivity index (χ0v) is 9.24. The van der Waals surface area contributed by atoms with Crippen LogP contribution in [0.15, 0.2) is 0 Å². The minimum absolute atomic E-state index is 0.0991. The molecule has 78 valence electrons. The van der Waals surface area contributed by atoms with E-state index >= 15 is 0 Å². The molecule has 13 heavy (non-hydrogen) atoms. The van der Waals surface area contributed by atoms with Crippen LogP contribution in [0, 0.1) is 0 Å². The van der Waals surface area contributed by atoms with Crippen molar-refractivity contribution >= 4 is 5.91 Å². The third kappa shape index (κ3) is 4.88. The summed E-state index contributed by atoms with van der Waals surface area (Å²) in [6.07, 6.45) is 2.75. The van der Waals surface area contributed by atoms with Gasteiger partial charge < -0.3 is 10.6 Å². The van der Waals surface area contributed by atoms with Gasteiger partial charge >= 0.3 is 0 Å². The topological polar surface area (TPSA) is 41.1 Å². The summed E-state index contributed by atoms with van der Waals surface area (Å²) in [4.78, 5) is 10.9. The Morgan fingerprint density at radius 2 is 1.85 bits per heavy atom. The molecule has 0 saturated heterocycles. The maximum atomic E-state index is 10.9. The highest BCUT2D eigenvalue weighted by molar-refractivity contribution is 5.75. The summed E-state index contributed by atoms with van der Waals surface area (Å²) in [5, 5.41) is 6.01. The Bertz CT molecular complexity index is 153. The number of carbonyl (C=O) groups excluding carboxylic acids is 1. The number of carbonyl (C=O) groups is 1.